The quantitative estimate of drug-likeness (QED) is 0.422. The molecule has 43 valence electrons. The van der Waals surface area contributed by atoms with Gasteiger partial charge in [0.15, 0.2) is 0 Å². The summed E-state index contributed by atoms with van der Waals surface area (Å²) < 4.78 is 3.92. The molecule has 1 aromatic rings. The van der Waals surface area contributed by atoms with Crippen LogP contribution in [0.25, 0.3) is 0 Å². The molecule has 0 saturated carbocycles. The van der Waals surface area contributed by atoms with Crippen LogP contribution < -0.4 is 5.44 Å². The summed E-state index contributed by atoms with van der Waals surface area (Å²) in [5.41, 5.74) is 1.03. The molecule has 0 N–H and O–H groups in total. The Morgan fingerprint density at radius 2 is 2.43 bits per heavy atom. The monoisotopic (exact) mass is 180 g/mol. The van der Waals surface area contributed by atoms with Gasteiger partial charge in [-0.1, -0.05) is 9.24 Å². The van der Waals surface area contributed by atoms with Gasteiger partial charge in [-0.3, -0.25) is 0 Å². The van der Waals surface area contributed by atoms with Gasteiger partial charge in [0.25, 0.3) is 0 Å². The minimum Gasteiger partial charge on any atom is -0.194 e. The molecule has 1 atom stereocenters. The van der Waals surface area contributed by atoms with Crippen molar-refractivity contribution in [1.82, 2.24) is 4.37 Å². The van der Waals surface area contributed by atoms with E-state index in [0.29, 0.717) is 0 Å². The minimum absolute atomic E-state index is 0. The molecule has 1 radical (unpaired) electrons. The van der Waals surface area contributed by atoms with Crippen LogP contribution in [-0.4, -0.2) is 4.37 Å². The molecule has 7 heavy (non-hydrogen) atoms. The van der Waals surface area contributed by atoms with E-state index in [9.17, 15) is 0 Å². The molecule has 1 heterocycles. The average molecular weight is 181 g/mol. The average Bonchev–Trinajstić information content (AvgIpc) is 1.86. The standard InChI is InChI=1S/C3H4NPS.Cu/c5-3-1-2-6-4-3;/h1-2H,5H2;. The van der Waals surface area contributed by atoms with Crippen molar-refractivity contribution in [2.75, 3.05) is 0 Å². The zero-order chi connectivity index (χ0) is 4.41. The second-order valence-electron chi connectivity index (χ2n) is 0.924. The van der Waals surface area contributed by atoms with Crippen LogP contribution in [0.2, 0.25) is 0 Å². The molecule has 0 amide bonds. The Morgan fingerprint density at radius 1 is 1.71 bits per heavy atom. The van der Waals surface area contributed by atoms with E-state index in [2.05, 4.69) is 13.6 Å². The van der Waals surface area contributed by atoms with E-state index < -0.39 is 0 Å². The van der Waals surface area contributed by atoms with Crippen LogP contribution in [0.4, 0.5) is 0 Å². The van der Waals surface area contributed by atoms with Gasteiger partial charge >= 0.3 is 0 Å². The molecule has 0 bridgehead atoms. The van der Waals surface area contributed by atoms with Gasteiger partial charge in [-0.2, -0.15) is 4.37 Å². The molecule has 4 heteroatoms. The van der Waals surface area contributed by atoms with E-state index in [0.717, 1.165) is 5.44 Å². The van der Waals surface area contributed by atoms with E-state index in [4.69, 9.17) is 0 Å². The van der Waals surface area contributed by atoms with Gasteiger partial charge in [-0.05, 0) is 17.6 Å². The van der Waals surface area contributed by atoms with E-state index in [-0.39, 0.29) is 17.1 Å². The molecule has 0 fully saturated rings. The van der Waals surface area contributed by atoms with Crippen LogP contribution in [-0.2, 0) is 17.1 Å². The third kappa shape index (κ3) is 2.40. The molecule has 0 aromatic carbocycles. The first-order valence-electron chi connectivity index (χ1n) is 1.55. The maximum atomic E-state index is 3.92. The Hall–Kier alpha value is 0.579. The zero-order valence-electron chi connectivity index (χ0n) is 3.39. The van der Waals surface area contributed by atoms with Crippen LogP contribution in [0.1, 0.15) is 0 Å². The molecule has 0 saturated heterocycles. The normalized spacial score (nSPS) is 7.57. The summed E-state index contributed by atoms with van der Waals surface area (Å²) in [7, 11) is 2.52. The molecular weight excluding hydrogens is 177 g/mol. The number of aromatic nitrogens is 1. The minimum atomic E-state index is 0. The van der Waals surface area contributed by atoms with Gasteiger partial charge in [0.05, 0.1) is 5.44 Å². The Balaban J connectivity index is 0.000000360. The fourth-order valence-corrected chi connectivity index (χ4v) is 1.08. The van der Waals surface area contributed by atoms with Crippen molar-refractivity contribution in [3.05, 3.63) is 11.4 Å². The molecular formula is C3H4CuNPS. The second-order valence-corrected chi connectivity index (χ2v) is 2.18. The van der Waals surface area contributed by atoms with Crippen LogP contribution in [0.15, 0.2) is 11.4 Å². The van der Waals surface area contributed by atoms with Crippen molar-refractivity contribution in [2.24, 2.45) is 0 Å². The first-order chi connectivity index (χ1) is 2.89. The number of hydrogen-bond donors (Lipinski definition) is 0. The maximum Gasteiger partial charge on any atom is 0.0706 e. The van der Waals surface area contributed by atoms with Crippen molar-refractivity contribution < 1.29 is 17.1 Å². The Morgan fingerprint density at radius 3 is 2.57 bits per heavy atom. The van der Waals surface area contributed by atoms with E-state index in [1.165, 1.54) is 11.5 Å². The van der Waals surface area contributed by atoms with Crippen molar-refractivity contribution in [3.8, 4) is 0 Å². The fourth-order valence-electron chi connectivity index (χ4n) is 0.222. The zero-order valence-corrected chi connectivity index (χ0v) is 6.30. The summed E-state index contributed by atoms with van der Waals surface area (Å²) >= 11 is 1.47. The van der Waals surface area contributed by atoms with Gasteiger partial charge in [0, 0.05) is 22.4 Å². The first-order valence-corrected chi connectivity index (χ1v) is 2.97. The van der Waals surface area contributed by atoms with E-state index in [1.54, 1.807) is 0 Å². The van der Waals surface area contributed by atoms with Gasteiger partial charge in [-0.15, -0.1) is 0 Å². The van der Waals surface area contributed by atoms with Crippen molar-refractivity contribution in [2.45, 2.75) is 0 Å². The van der Waals surface area contributed by atoms with Gasteiger partial charge in [0.2, 0.25) is 0 Å². The molecule has 1 nitrogen and oxygen atoms in total. The molecule has 0 spiro atoms. The third-order valence-electron chi connectivity index (χ3n) is 0.458. The van der Waals surface area contributed by atoms with Crippen molar-refractivity contribution >= 4 is 26.2 Å². The summed E-state index contributed by atoms with van der Waals surface area (Å²) in [6.07, 6.45) is 0. The predicted octanol–water partition coefficient (Wildman–Crippen LogP) is 0.641. The van der Waals surface area contributed by atoms with Gasteiger partial charge < -0.3 is 0 Å². The third-order valence-corrected chi connectivity index (χ3v) is 1.54. The smallest absolute Gasteiger partial charge is 0.0706 e. The molecule has 0 aliphatic carbocycles. The summed E-state index contributed by atoms with van der Waals surface area (Å²) in [5, 5.41) is 1.95. The van der Waals surface area contributed by atoms with Crippen molar-refractivity contribution in [1.29, 1.82) is 0 Å². The van der Waals surface area contributed by atoms with E-state index >= 15 is 0 Å². The van der Waals surface area contributed by atoms with Crippen molar-refractivity contribution in [3.63, 3.8) is 0 Å². The number of nitrogens with zero attached hydrogens (tertiary/aromatic N) is 1. The fraction of sp³-hybridized carbons (Fsp3) is 0. The number of rotatable bonds is 0. The van der Waals surface area contributed by atoms with Crippen LogP contribution in [0, 0.1) is 0 Å². The predicted molar refractivity (Wildman–Crippen MR) is 31.5 cm³/mol. The van der Waals surface area contributed by atoms with E-state index in [1.807, 2.05) is 11.4 Å². The summed E-state index contributed by atoms with van der Waals surface area (Å²) in [6, 6.07) is 1.95. The van der Waals surface area contributed by atoms with Crippen LogP contribution in [0.5, 0.6) is 0 Å². The Kier molecular flexibility index (Phi) is 3.86. The molecule has 1 aromatic heterocycles. The maximum absolute atomic E-state index is 3.92. The first kappa shape index (κ1) is 7.58. The largest absolute Gasteiger partial charge is 0.194 e. The SMILES string of the molecule is Pc1ccsn1.[Cu]. The topological polar surface area (TPSA) is 12.9 Å². The molecule has 0 aliphatic heterocycles. The van der Waals surface area contributed by atoms with Crippen LogP contribution >= 0.6 is 20.8 Å². The molecule has 1 rings (SSSR count). The second kappa shape index (κ2) is 3.57. The Bertz CT molecular complexity index is 118. The van der Waals surface area contributed by atoms with Gasteiger partial charge in [0.1, 0.15) is 0 Å². The summed E-state index contributed by atoms with van der Waals surface area (Å²) in [5.74, 6) is 0. The van der Waals surface area contributed by atoms with Gasteiger partial charge in [-0.25, -0.2) is 0 Å². The van der Waals surface area contributed by atoms with Crippen LogP contribution in [0.3, 0.4) is 0 Å². The molecule has 1 unspecified atom stereocenters. The summed E-state index contributed by atoms with van der Waals surface area (Å²) in [4.78, 5) is 0. The summed E-state index contributed by atoms with van der Waals surface area (Å²) in [6.45, 7) is 0. The molecule has 0 aliphatic rings. The number of hydrogen-bond acceptors (Lipinski definition) is 2. The Labute approximate surface area is 59.4 Å².